The molecule has 0 fully saturated rings. The molecule has 0 unspecified atom stereocenters. The number of rotatable bonds is 3. The first-order valence-corrected chi connectivity index (χ1v) is 6.29. The van der Waals surface area contributed by atoms with E-state index in [1.165, 1.54) is 6.29 Å². The summed E-state index contributed by atoms with van der Waals surface area (Å²) in [5.74, 6) is -0.763. The van der Waals surface area contributed by atoms with Gasteiger partial charge in [-0.3, -0.25) is 9.59 Å². The first kappa shape index (κ1) is 15.1. The van der Waals surface area contributed by atoms with Crippen LogP contribution in [0.4, 0.5) is 0 Å². The number of aromatic nitrogens is 4. The maximum atomic E-state index is 12.2. The molecule has 0 N–H and O–H groups in total. The van der Waals surface area contributed by atoms with Crippen LogP contribution in [0, 0.1) is 0 Å². The molecule has 0 aliphatic carbocycles. The highest BCUT2D eigenvalue weighted by atomic mass is 35.5. The summed E-state index contributed by atoms with van der Waals surface area (Å²) in [6.07, 6.45) is 1.48. The summed E-state index contributed by atoms with van der Waals surface area (Å²) >= 11 is 22.6. The minimum Gasteiger partial charge on any atom is -0.285 e. The minimum atomic E-state index is -0.763. The number of halogens is 4. The van der Waals surface area contributed by atoms with Gasteiger partial charge in [-0.25, -0.2) is 19.9 Å². The molecule has 0 aliphatic rings. The molecule has 0 saturated heterocycles. The molecule has 1 radical (unpaired) electrons. The summed E-state index contributed by atoms with van der Waals surface area (Å²) in [7, 11) is 0. The van der Waals surface area contributed by atoms with E-state index in [1.807, 2.05) is 0 Å². The molecule has 20 heavy (non-hydrogen) atoms. The fourth-order valence-corrected chi connectivity index (χ4v) is 2.12. The molecule has 0 atom stereocenters. The molecular formula is C10HCl4N4O2. The highest BCUT2D eigenvalue weighted by molar-refractivity contribution is 6.35. The van der Waals surface area contributed by atoms with Crippen molar-refractivity contribution in [1.29, 1.82) is 0 Å². The van der Waals surface area contributed by atoms with Crippen LogP contribution < -0.4 is 0 Å². The Kier molecular flexibility index (Phi) is 4.49. The molecule has 0 spiro atoms. The summed E-state index contributed by atoms with van der Waals surface area (Å²) < 4.78 is 0. The maximum Gasteiger partial charge on any atom is 0.239 e. The van der Waals surface area contributed by atoms with E-state index in [-0.39, 0.29) is 37.8 Å². The van der Waals surface area contributed by atoms with Gasteiger partial charge in [0.1, 0.15) is 21.7 Å². The van der Waals surface area contributed by atoms with Crippen molar-refractivity contribution in [1.82, 2.24) is 19.9 Å². The number of nitrogens with zero attached hydrogens (tertiary/aromatic N) is 4. The second kappa shape index (κ2) is 5.97. The lowest BCUT2D eigenvalue weighted by atomic mass is 10.1. The van der Waals surface area contributed by atoms with Crippen LogP contribution in [-0.2, 0) is 4.79 Å². The van der Waals surface area contributed by atoms with Gasteiger partial charge in [0.15, 0.2) is 0 Å². The smallest absolute Gasteiger partial charge is 0.239 e. The fraction of sp³-hybridized carbons (Fsp3) is 0. The molecule has 2 aromatic heterocycles. The molecule has 6 nitrogen and oxygen atoms in total. The van der Waals surface area contributed by atoms with Crippen LogP contribution in [-0.4, -0.2) is 32.0 Å². The Balaban J connectivity index is 2.61. The van der Waals surface area contributed by atoms with Gasteiger partial charge in [-0.2, -0.15) is 0 Å². The van der Waals surface area contributed by atoms with Crippen LogP contribution in [0.25, 0.3) is 0 Å². The zero-order valence-corrected chi connectivity index (χ0v) is 12.2. The van der Waals surface area contributed by atoms with Crippen molar-refractivity contribution >= 4 is 58.5 Å². The molecule has 0 saturated carbocycles. The quantitative estimate of drug-likeness (QED) is 0.480. The lowest BCUT2D eigenvalue weighted by molar-refractivity contribution is 0.102. The highest BCUT2D eigenvalue weighted by Crippen LogP contribution is 2.20. The molecule has 0 aliphatic heterocycles. The second-order valence-electron chi connectivity index (χ2n) is 3.28. The van der Waals surface area contributed by atoms with E-state index >= 15 is 0 Å². The fourth-order valence-electron chi connectivity index (χ4n) is 1.29. The Morgan fingerprint density at radius 2 is 1.65 bits per heavy atom. The van der Waals surface area contributed by atoms with Gasteiger partial charge in [-0.15, -0.1) is 0 Å². The molecule has 2 aromatic rings. The summed E-state index contributed by atoms with van der Waals surface area (Å²) in [4.78, 5) is 37.6. The Bertz CT molecular complexity index is 702. The van der Waals surface area contributed by atoms with E-state index in [9.17, 15) is 9.59 Å². The largest absolute Gasteiger partial charge is 0.285 e. The van der Waals surface area contributed by atoms with Crippen LogP contribution >= 0.6 is 46.4 Å². The normalized spacial score (nSPS) is 10.4. The summed E-state index contributed by atoms with van der Waals surface area (Å²) in [6.45, 7) is 0. The highest BCUT2D eigenvalue weighted by Gasteiger charge is 2.22. The van der Waals surface area contributed by atoms with E-state index in [0.29, 0.717) is 0 Å². The lowest BCUT2D eigenvalue weighted by Crippen LogP contribution is -2.12. The third-order valence-corrected chi connectivity index (χ3v) is 2.86. The Morgan fingerprint density at radius 1 is 1.00 bits per heavy atom. The van der Waals surface area contributed by atoms with Crippen LogP contribution in [0.1, 0.15) is 21.7 Å². The summed E-state index contributed by atoms with van der Waals surface area (Å²) in [5, 5.41) is -0.877. The zero-order chi connectivity index (χ0) is 14.9. The number of ketones is 1. The Labute approximate surface area is 132 Å². The van der Waals surface area contributed by atoms with Crippen LogP contribution in [0.2, 0.25) is 20.9 Å². The van der Waals surface area contributed by atoms with Crippen molar-refractivity contribution in [2.45, 2.75) is 0 Å². The molecule has 2 heterocycles. The van der Waals surface area contributed by atoms with Gasteiger partial charge in [0.05, 0.1) is 5.56 Å². The summed E-state index contributed by atoms with van der Waals surface area (Å²) in [6, 6.07) is 1.16. The lowest BCUT2D eigenvalue weighted by Gasteiger charge is -2.04. The first-order valence-electron chi connectivity index (χ1n) is 4.78. The van der Waals surface area contributed by atoms with Crippen molar-refractivity contribution in [2.24, 2.45) is 0 Å². The van der Waals surface area contributed by atoms with Crippen molar-refractivity contribution in [3.8, 4) is 0 Å². The predicted molar refractivity (Wildman–Crippen MR) is 72.3 cm³/mol. The number of hydrogen-bond acceptors (Lipinski definition) is 6. The maximum absolute atomic E-state index is 12.2. The van der Waals surface area contributed by atoms with Gasteiger partial charge in [0.25, 0.3) is 0 Å². The molecule has 2 rings (SSSR count). The number of hydrogen-bond donors (Lipinski definition) is 0. The van der Waals surface area contributed by atoms with E-state index in [2.05, 4.69) is 19.9 Å². The van der Waals surface area contributed by atoms with E-state index in [0.717, 1.165) is 6.07 Å². The average molecular weight is 351 g/mol. The van der Waals surface area contributed by atoms with Gasteiger partial charge in [-0.1, -0.05) is 23.2 Å². The molecule has 0 amide bonds. The second-order valence-corrected chi connectivity index (χ2v) is 4.70. The zero-order valence-electron chi connectivity index (χ0n) is 9.19. The van der Waals surface area contributed by atoms with Gasteiger partial charge in [0, 0.05) is 6.07 Å². The van der Waals surface area contributed by atoms with Crippen molar-refractivity contribution in [3.63, 3.8) is 0 Å². The van der Waals surface area contributed by atoms with Gasteiger partial charge in [0.2, 0.25) is 22.6 Å². The Morgan fingerprint density at radius 3 is 2.25 bits per heavy atom. The van der Waals surface area contributed by atoms with Gasteiger partial charge >= 0.3 is 0 Å². The van der Waals surface area contributed by atoms with Crippen molar-refractivity contribution in [2.75, 3.05) is 0 Å². The molecule has 101 valence electrons. The van der Waals surface area contributed by atoms with E-state index in [1.54, 1.807) is 0 Å². The third kappa shape index (κ3) is 3.04. The standard InChI is InChI=1S/C10HCl4N4O2/c11-5-1-4(15-9(13)16-5)7(20)6-3(2-19)8(12)18-10(14)17-6/h1H. The predicted octanol–water partition coefficient (Wildman–Crippen LogP) is 2.57. The number of carbonyl (C=O) groups excluding carboxylic acids is 2. The minimum absolute atomic E-state index is 0.0452. The summed E-state index contributed by atoms with van der Waals surface area (Å²) in [5.41, 5.74) is -0.847. The topological polar surface area (TPSA) is 85.7 Å². The van der Waals surface area contributed by atoms with Gasteiger partial charge in [-0.05, 0) is 23.2 Å². The van der Waals surface area contributed by atoms with Crippen LogP contribution in [0.5, 0.6) is 0 Å². The van der Waals surface area contributed by atoms with Crippen LogP contribution in [0.3, 0.4) is 0 Å². The molecule has 10 heteroatoms. The van der Waals surface area contributed by atoms with Crippen molar-refractivity contribution < 1.29 is 9.59 Å². The molecular weight excluding hydrogens is 350 g/mol. The molecule has 0 bridgehead atoms. The SMILES string of the molecule is O=[C]c1c(Cl)nc(Cl)nc1C(=O)c1cc(Cl)nc(Cl)n1. The Hall–Kier alpha value is -1.34. The first-order chi connectivity index (χ1) is 9.42. The van der Waals surface area contributed by atoms with E-state index < -0.39 is 5.78 Å². The van der Waals surface area contributed by atoms with Crippen molar-refractivity contribution in [3.05, 3.63) is 43.9 Å². The van der Waals surface area contributed by atoms with Crippen LogP contribution in [0.15, 0.2) is 6.07 Å². The third-order valence-electron chi connectivity index (χ3n) is 2.05. The monoisotopic (exact) mass is 349 g/mol. The average Bonchev–Trinajstić information content (AvgIpc) is 2.35. The molecule has 0 aromatic carbocycles. The number of carbonyl (C=O) groups is 1. The van der Waals surface area contributed by atoms with Gasteiger partial charge < -0.3 is 0 Å². The van der Waals surface area contributed by atoms with E-state index in [4.69, 9.17) is 46.4 Å².